The number of hydrogen-bond donors (Lipinski definition) is 0. The third kappa shape index (κ3) is 3.78. The zero-order chi connectivity index (χ0) is 19.5. The van der Waals surface area contributed by atoms with Crippen molar-refractivity contribution in [2.45, 2.75) is 38.6 Å². The molecule has 146 valence electrons. The van der Waals surface area contributed by atoms with Crippen molar-refractivity contribution in [3.63, 3.8) is 0 Å². The molecule has 28 heavy (non-hydrogen) atoms. The van der Waals surface area contributed by atoms with Crippen LogP contribution in [0.2, 0.25) is 0 Å². The lowest BCUT2D eigenvalue weighted by atomic mass is 10.0. The molecular formula is C21H23N3O4. The molecule has 0 bridgehead atoms. The van der Waals surface area contributed by atoms with E-state index in [1.807, 2.05) is 35.2 Å². The van der Waals surface area contributed by atoms with Crippen LogP contribution in [0.3, 0.4) is 0 Å². The molecule has 0 unspecified atom stereocenters. The molecule has 3 aromatic rings. The highest BCUT2D eigenvalue weighted by Gasteiger charge is 2.27. The van der Waals surface area contributed by atoms with Crippen molar-refractivity contribution < 1.29 is 13.6 Å². The van der Waals surface area contributed by atoms with Crippen LogP contribution in [0.4, 0.5) is 0 Å². The average molecular weight is 381 g/mol. The summed E-state index contributed by atoms with van der Waals surface area (Å²) in [7, 11) is 0. The van der Waals surface area contributed by atoms with Crippen LogP contribution in [0, 0.1) is 6.92 Å². The molecule has 1 aliphatic heterocycles. The van der Waals surface area contributed by atoms with Crippen LogP contribution in [-0.2, 0) is 11.2 Å². The lowest BCUT2D eigenvalue weighted by Gasteiger charge is -2.31. The summed E-state index contributed by atoms with van der Waals surface area (Å²) in [6, 6.07) is 11.7. The Kier molecular flexibility index (Phi) is 5.14. The maximum Gasteiger partial charge on any atom is 0.437 e. The summed E-state index contributed by atoms with van der Waals surface area (Å²) in [4.78, 5) is 26.6. The van der Waals surface area contributed by atoms with Gasteiger partial charge in [-0.1, -0.05) is 30.3 Å². The highest BCUT2D eigenvalue weighted by molar-refractivity contribution is 5.76. The van der Waals surface area contributed by atoms with Crippen LogP contribution < -0.4 is 5.76 Å². The molecule has 0 atom stereocenters. The minimum Gasteiger partial charge on any atom is -0.469 e. The van der Waals surface area contributed by atoms with Crippen molar-refractivity contribution in [3.05, 3.63) is 64.5 Å². The average Bonchev–Trinajstić information content (AvgIpc) is 3.32. The van der Waals surface area contributed by atoms with Gasteiger partial charge in [0.05, 0.1) is 17.9 Å². The van der Waals surface area contributed by atoms with E-state index in [0.29, 0.717) is 43.7 Å². The number of amides is 1. The van der Waals surface area contributed by atoms with Gasteiger partial charge in [-0.15, -0.1) is 5.10 Å². The van der Waals surface area contributed by atoms with E-state index in [4.69, 9.17) is 8.83 Å². The molecule has 3 heterocycles. The Labute approximate surface area is 162 Å². The van der Waals surface area contributed by atoms with Crippen LogP contribution in [0.15, 0.2) is 56.3 Å². The van der Waals surface area contributed by atoms with Gasteiger partial charge >= 0.3 is 5.76 Å². The molecule has 1 aliphatic rings. The number of nitrogens with zero attached hydrogens (tertiary/aromatic N) is 3. The van der Waals surface area contributed by atoms with Gasteiger partial charge in [0, 0.05) is 19.5 Å². The number of hydrogen-bond acceptors (Lipinski definition) is 5. The van der Waals surface area contributed by atoms with Crippen LogP contribution in [0.25, 0.3) is 11.5 Å². The number of likely N-dealkylation sites (tertiary alicyclic amines) is 1. The zero-order valence-corrected chi connectivity index (χ0v) is 15.8. The van der Waals surface area contributed by atoms with Crippen LogP contribution in [0.5, 0.6) is 0 Å². The third-order valence-electron chi connectivity index (χ3n) is 5.29. The van der Waals surface area contributed by atoms with E-state index in [0.717, 1.165) is 6.42 Å². The van der Waals surface area contributed by atoms with Crippen molar-refractivity contribution in [2.24, 2.45) is 0 Å². The van der Waals surface area contributed by atoms with E-state index < -0.39 is 5.76 Å². The Morgan fingerprint density at radius 2 is 1.93 bits per heavy atom. The molecule has 2 aromatic heterocycles. The first-order valence-corrected chi connectivity index (χ1v) is 9.57. The number of carbonyl (C=O) groups excluding carboxylic acids is 1. The maximum absolute atomic E-state index is 12.5. The number of aromatic nitrogens is 2. The van der Waals surface area contributed by atoms with Gasteiger partial charge in [-0.3, -0.25) is 4.79 Å². The monoisotopic (exact) mass is 381 g/mol. The first kappa shape index (κ1) is 18.3. The van der Waals surface area contributed by atoms with Gasteiger partial charge in [-0.2, -0.15) is 4.68 Å². The van der Waals surface area contributed by atoms with Gasteiger partial charge in [0.1, 0.15) is 5.76 Å². The van der Waals surface area contributed by atoms with Gasteiger partial charge in [0.25, 0.3) is 5.89 Å². The third-order valence-corrected chi connectivity index (χ3v) is 5.29. The molecule has 0 saturated carbocycles. The summed E-state index contributed by atoms with van der Waals surface area (Å²) in [6.07, 6.45) is 4.17. The molecule has 0 aliphatic carbocycles. The second-order valence-electron chi connectivity index (χ2n) is 7.11. The van der Waals surface area contributed by atoms with Crippen molar-refractivity contribution in [1.29, 1.82) is 0 Å². The molecule has 1 amide bonds. The Morgan fingerprint density at radius 3 is 2.61 bits per heavy atom. The Hall–Kier alpha value is -3.09. The summed E-state index contributed by atoms with van der Waals surface area (Å²) in [5.74, 6) is 0.624. The van der Waals surface area contributed by atoms with Crippen molar-refractivity contribution >= 4 is 5.91 Å². The zero-order valence-electron chi connectivity index (χ0n) is 15.8. The molecule has 4 rings (SSSR count). The molecule has 1 fully saturated rings. The summed E-state index contributed by atoms with van der Waals surface area (Å²) in [5.41, 5.74) is 1.85. The van der Waals surface area contributed by atoms with Gasteiger partial charge in [0.15, 0.2) is 0 Å². The molecule has 0 N–H and O–H groups in total. The molecule has 1 aromatic carbocycles. The summed E-state index contributed by atoms with van der Waals surface area (Å²) < 4.78 is 12.0. The smallest absolute Gasteiger partial charge is 0.437 e. The quantitative estimate of drug-likeness (QED) is 0.678. The number of piperidine rings is 1. The minimum absolute atomic E-state index is 0.0598. The normalized spacial score (nSPS) is 15.1. The molecular weight excluding hydrogens is 358 g/mol. The summed E-state index contributed by atoms with van der Waals surface area (Å²) in [6.45, 7) is 3.04. The first-order chi connectivity index (χ1) is 13.6. The van der Waals surface area contributed by atoms with Crippen molar-refractivity contribution in [2.75, 3.05) is 13.1 Å². The number of rotatable bonds is 5. The van der Waals surface area contributed by atoms with E-state index in [2.05, 4.69) is 5.10 Å². The standard InChI is InChI=1S/C21H23N3O4/c1-15-18(11-14-27-15)20-22-24(21(26)28-20)17-9-12-23(13-10-17)19(25)8-7-16-5-3-2-4-6-16/h2-6,11,14,17H,7-10,12-13H2,1H3. The molecule has 1 saturated heterocycles. The van der Waals surface area contributed by atoms with E-state index >= 15 is 0 Å². The van der Waals surface area contributed by atoms with E-state index in [9.17, 15) is 9.59 Å². The topological polar surface area (TPSA) is 81.5 Å². The fourth-order valence-corrected chi connectivity index (χ4v) is 3.65. The van der Waals surface area contributed by atoms with E-state index in [1.54, 1.807) is 19.3 Å². The van der Waals surface area contributed by atoms with Gasteiger partial charge < -0.3 is 13.7 Å². The minimum atomic E-state index is -0.468. The maximum atomic E-state index is 12.5. The van der Waals surface area contributed by atoms with Crippen molar-refractivity contribution in [1.82, 2.24) is 14.7 Å². The number of benzene rings is 1. The predicted molar refractivity (Wildman–Crippen MR) is 103 cm³/mol. The highest BCUT2D eigenvalue weighted by Crippen LogP contribution is 2.25. The Balaban J connectivity index is 1.35. The molecule has 0 radical (unpaired) electrons. The Morgan fingerprint density at radius 1 is 1.18 bits per heavy atom. The lowest BCUT2D eigenvalue weighted by Crippen LogP contribution is -2.40. The van der Waals surface area contributed by atoms with E-state index in [-0.39, 0.29) is 17.8 Å². The number of furan rings is 1. The fourth-order valence-electron chi connectivity index (χ4n) is 3.65. The second kappa shape index (κ2) is 7.88. The summed E-state index contributed by atoms with van der Waals surface area (Å²) >= 11 is 0. The van der Waals surface area contributed by atoms with Crippen LogP contribution in [0.1, 0.15) is 36.6 Å². The Bertz CT molecular complexity index is 994. The SMILES string of the molecule is Cc1occc1-c1nn(C2CCN(C(=O)CCc3ccccc3)CC2)c(=O)o1. The molecule has 7 heteroatoms. The second-order valence-corrected chi connectivity index (χ2v) is 7.11. The highest BCUT2D eigenvalue weighted by atomic mass is 16.4. The lowest BCUT2D eigenvalue weighted by molar-refractivity contribution is -0.132. The van der Waals surface area contributed by atoms with Gasteiger partial charge in [0.2, 0.25) is 5.91 Å². The summed E-state index contributed by atoms with van der Waals surface area (Å²) in [5, 5.41) is 4.36. The van der Waals surface area contributed by atoms with Gasteiger partial charge in [-0.25, -0.2) is 4.79 Å². The number of carbonyl (C=O) groups is 1. The van der Waals surface area contributed by atoms with Crippen molar-refractivity contribution in [3.8, 4) is 11.5 Å². The largest absolute Gasteiger partial charge is 0.469 e. The van der Waals surface area contributed by atoms with E-state index in [1.165, 1.54) is 10.2 Å². The van der Waals surface area contributed by atoms with Gasteiger partial charge in [-0.05, 0) is 37.8 Å². The fraction of sp³-hybridized carbons (Fsp3) is 0.381. The van der Waals surface area contributed by atoms with Crippen LogP contribution >= 0.6 is 0 Å². The molecule has 0 spiro atoms. The number of aryl methyl sites for hydroxylation is 2. The first-order valence-electron chi connectivity index (χ1n) is 9.57. The van der Waals surface area contributed by atoms with Crippen LogP contribution in [-0.4, -0.2) is 33.7 Å². The molecule has 7 nitrogen and oxygen atoms in total. The predicted octanol–water partition coefficient (Wildman–Crippen LogP) is 3.20.